The first kappa shape index (κ1) is 17.3. The largest absolute Gasteiger partial charge is 0.351 e. The number of imidazole rings is 1. The maximum atomic E-state index is 12.4. The summed E-state index contributed by atoms with van der Waals surface area (Å²) in [6, 6.07) is 7.63. The lowest BCUT2D eigenvalue weighted by molar-refractivity contribution is -0.120. The summed E-state index contributed by atoms with van der Waals surface area (Å²) in [5, 5.41) is 3.32. The number of carbonyl (C=O) groups excluding carboxylic acids is 1. The van der Waals surface area contributed by atoms with Crippen LogP contribution in [0.5, 0.6) is 0 Å². The molecule has 2 aromatic rings. The molecule has 24 heavy (non-hydrogen) atoms. The zero-order valence-corrected chi connectivity index (χ0v) is 15.4. The third-order valence-corrected chi connectivity index (χ3v) is 7.02. The molecule has 1 aromatic heterocycles. The minimum atomic E-state index is -2.99. The molecule has 0 aliphatic carbocycles. The number of aromatic nitrogens is 2. The lowest BCUT2D eigenvalue weighted by atomic mass is 10.2. The zero-order valence-electron chi connectivity index (χ0n) is 13.7. The number of thioether (sulfide) groups is 1. The summed E-state index contributed by atoms with van der Waals surface area (Å²) in [5.41, 5.74) is 1.97. The molecule has 6 nitrogen and oxygen atoms in total. The third kappa shape index (κ3) is 3.59. The molecule has 130 valence electrons. The predicted molar refractivity (Wildman–Crippen MR) is 95.9 cm³/mol. The molecule has 1 aliphatic heterocycles. The van der Waals surface area contributed by atoms with E-state index >= 15 is 0 Å². The number of para-hydroxylation sites is 2. The first-order chi connectivity index (χ1) is 11.4. The highest BCUT2D eigenvalue weighted by atomic mass is 32.2. The van der Waals surface area contributed by atoms with E-state index in [2.05, 4.69) is 14.9 Å². The van der Waals surface area contributed by atoms with Gasteiger partial charge >= 0.3 is 0 Å². The molecule has 0 spiro atoms. The lowest BCUT2D eigenvalue weighted by Crippen LogP contribution is -2.40. The van der Waals surface area contributed by atoms with E-state index in [9.17, 15) is 13.2 Å². The van der Waals surface area contributed by atoms with Crippen molar-refractivity contribution in [2.75, 3.05) is 11.5 Å². The summed E-state index contributed by atoms with van der Waals surface area (Å²) >= 11 is 1.40. The average molecular weight is 367 g/mol. The van der Waals surface area contributed by atoms with Gasteiger partial charge < -0.3 is 9.88 Å². The van der Waals surface area contributed by atoms with Crippen molar-refractivity contribution in [2.24, 2.45) is 0 Å². The second kappa shape index (κ2) is 6.76. The molecule has 0 bridgehead atoms. The maximum Gasteiger partial charge on any atom is 0.233 e. The van der Waals surface area contributed by atoms with E-state index < -0.39 is 9.84 Å². The van der Waals surface area contributed by atoms with Crippen LogP contribution in [0.25, 0.3) is 11.0 Å². The van der Waals surface area contributed by atoms with Crippen LogP contribution in [0.15, 0.2) is 29.4 Å². The van der Waals surface area contributed by atoms with E-state index in [1.165, 1.54) is 11.8 Å². The normalized spacial score (nSPS) is 21.0. The zero-order chi connectivity index (χ0) is 17.3. The number of hydrogen-bond donors (Lipinski definition) is 1. The van der Waals surface area contributed by atoms with Crippen molar-refractivity contribution >= 4 is 38.5 Å². The molecule has 3 rings (SSSR count). The lowest BCUT2D eigenvalue weighted by Gasteiger charge is -2.15. The van der Waals surface area contributed by atoms with Gasteiger partial charge in [0.2, 0.25) is 5.91 Å². The van der Waals surface area contributed by atoms with Gasteiger partial charge in [-0.05, 0) is 32.4 Å². The maximum absolute atomic E-state index is 12.4. The SMILES string of the molecule is CCn1c(S[C@H](C)C(=O)N[C@@H]2CCS(=O)(=O)C2)nc2ccccc21. The fourth-order valence-electron chi connectivity index (χ4n) is 2.89. The van der Waals surface area contributed by atoms with E-state index in [4.69, 9.17) is 0 Å². The fraction of sp³-hybridized carbons (Fsp3) is 0.500. The molecule has 1 fully saturated rings. The van der Waals surface area contributed by atoms with Gasteiger partial charge in [0.25, 0.3) is 0 Å². The second-order valence-corrected chi connectivity index (χ2v) is 9.53. The molecule has 8 heteroatoms. The summed E-state index contributed by atoms with van der Waals surface area (Å²) in [6.45, 7) is 4.65. The van der Waals surface area contributed by atoms with Crippen molar-refractivity contribution in [1.82, 2.24) is 14.9 Å². The monoisotopic (exact) mass is 367 g/mol. The summed E-state index contributed by atoms with van der Waals surface area (Å²) in [5.74, 6) is 0.0612. The summed E-state index contributed by atoms with van der Waals surface area (Å²) in [6.07, 6.45) is 0.499. The molecular weight excluding hydrogens is 346 g/mol. The molecule has 2 atom stereocenters. The van der Waals surface area contributed by atoms with E-state index in [0.29, 0.717) is 6.42 Å². The molecule has 1 aromatic carbocycles. The molecule has 1 amide bonds. The van der Waals surface area contributed by atoms with Crippen LogP contribution in [-0.2, 0) is 21.2 Å². The highest BCUT2D eigenvalue weighted by molar-refractivity contribution is 8.00. The number of nitrogens with zero attached hydrogens (tertiary/aromatic N) is 2. The van der Waals surface area contributed by atoms with Crippen molar-refractivity contribution in [1.29, 1.82) is 0 Å². The Hall–Kier alpha value is -1.54. The van der Waals surface area contributed by atoms with Crippen LogP contribution in [0.3, 0.4) is 0 Å². The van der Waals surface area contributed by atoms with Crippen molar-refractivity contribution in [3.05, 3.63) is 24.3 Å². The number of benzene rings is 1. The summed E-state index contributed by atoms with van der Waals surface area (Å²) in [7, 11) is -2.99. The number of nitrogens with one attached hydrogen (secondary N) is 1. The third-order valence-electron chi connectivity index (χ3n) is 4.17. The standard InChI is InChI=1S/C16H21N3O3S2/c1-3-19-14-7-5-4-6-13(14)18-16(19)23-11(2)15(20)17-12-8-9-24(21,22)10-12/h4-7,11-12H,3,8-10H2,1-2H3,(H,17,20)/t11-,12-/m1/s1. The Morgan fingerprint density at radius 1 is 1.46 bits per heavy atom. The van der Waals surface area contributed by atoms with E-state index in [-0.39, 0.29) is 28.7 Å². The van der Waals surface area contributed by atoms with E-state index in [0.717, 1.165) is 22.7 Å². The Kier molecular flexibility index (Phi) is 4.87. The van der Waals surface area contributed by atoms with Crippen LogP contribution in [0.2, 0.25) is 0 Å². The van der Waals surface area contributed by atoms with Gasteiger partial charge in [-0.1, -0.05) is 23.9 Å². The Bertz CT molecular complexity index is 861. The van der Waals surface area contributed by atoms with Crippen LogP contribution < -0.4 is 5.32 Å². The Balaban J connectivity index is 1.70. The number of aryl methyl sites for hydroxylation is 1. The molecular formula is C16H21N3O3S2. The highest BCUT2D eigenvalue weighted by Gasteiger charge is 2.30. The first-order valence-corrected chi connectivity index (χ1v) is 10.7. The summed E-state index contributed by atoms with van der Waals surface area (Å²) in [4.78, 5) is 17.0. The highest BCUT2D eigenvalue weighted by Crippen LogP contribution is 2.27. The van der Waals surface area contributed by atoms with Crippen molar-refractivity contribution in [3.63, 3.8) is 0 Å². The molecule has 0 radical (unpaired) electrons. The number of hydrogen-bond acceptors (Lipinski definition) is 5. The van der Waals surface area contributed by atoms with Gasteiger partial charge in [0, 0.05) is 12.6 Å². The van der Waals surface area contributed by atoms with Gasteiger partial charge in [0.1, 0.15) is 0 Å². The Morgan fingerprint density at radius 3 is 2.88 bits per heavy atom. The van der Waals surface area contributed by atoms with Crippen LogP contribution in [0, 0.1) is 0 Å². The molecule has 0 unspecified atom stereocenters. The fourth-order valence-corrected chi connectivity index (χ4v) is 5.56. The first-order valence-electron chi connectivity index (χ1n) is 8.02. The predicted octanol–water partition coefficient (Wildman–Crippen LogP) is 1.84. The molecule has 1 aliphatic rings. The van der Waals surface area contributed by atoms with Gasteiger partial charge in [-0.15, -0.1) is 0 Å². The topological polar surface area (TPSA) is 81.1 Å². The van der Waals surface area contributed by atoms with Crippen molar-refractivity contribution < 1.29 is 13.2 Å². The number of carbonyl (C=O) groups is 1. The van der Waals surface area contributed by atoms with E-state index in [1.807, 2.05) is 38.1 Å². The molecule has 1 saturated heterocycles. The number of rotatable bonds is 5. The molecule has 1 N–H and O–H groups in total. The number of sulfone groups is 1. The minimum Gasteiger partial charge on any atom is -0.351 e. The summed E-state index contributed by atoms with van der Waals surface area (Å²) < 4.78 is 25.1. The average Bonchev–Trinajstić information content (AvgIpc) is 3.06. The number of fused-ring (bicyclic) bond motifs is 1. The quantitative estimate of drug-likeness (QED) is 0.816. The van der Waals surface area contributed by atoms with Gasteiger partial charge in [-0.3, -0.25) is 4.79 Å². The van der Waals surface area contributed by atoms with Gasteiger partial charge in [-0.25, -0.2) is 13.4 Å². The van der Waals surface area contributed by atoms with Crippen molar-refractivity contribution in [2.45, 2.75) is 43.3 Å². The van der Waals surface area contributed by atoms with Crippen LogP contribution in [0.4, 0.5) is 0 Å². The minimum absolute atomic E-state index is 0.0452. The smallest absolute Gasteiger partial charge is 0.233 e. The second-order valence-electron chi connectivity index (χ2n) is 6.00. The molecule has 0 saturated carbocycles. The number of amides is 1. The van der Waals surface area contributed by atoms with Crippen LogP contribution >= 0.6 is 11.8 Å². The Labute approximate surface area is 145 Å². The van der Waals surface area contributed by atoms with Crippen LogP contribution in [-0.4, -0.2) is 46.7 Å². The van der Waals surface area contributed by atoms with Crippen molar-refractivity contribution in [3.8, 4) is 0 Å². The van der Waals surface area contributed by atoms with Gasteiger partial charge in [0.05, 0.1) is 27.8 Å². The molecule has 2 heterocycles. The van der Waals surface area contributed by atoms with Crippen LogP contribution in [0.1, 0.15) is 20.3 Å². The Morgan fingerprint density at radius 2 is 2.21 bits per heavy atom. The van der Waals surface area contributed by atoms with E-state index in [1.54, 1.807) is 0 Å². The van der Waals surface area contributed by atoms with Gasteiger partial charge in [0.15, 0.2) is 15.0 Å². The van der Waals surface area contributed by atoms with Gasteiger partial charge in [-0.2, -0.15) is 0 Å².